The third-order valence-corrected chi connectivity index (χ3v) is 3.96. The summed E-state index contributed by atoms with van der Waals surface area (Å²) in [6, 6.07) is 6.03. The molecule has 0 heterocycles. The molecule has 114 valence electrons. The Morgan fingerprint density at radius 3 is 2.43 bits per heavy atom. The molecular weight excluding hydrogens is 266 g/mol. The Labute approximate surface area is 125 Å². The second kappa shape index (κ2) is 7.67. The molecule has 1 aliphatic carbocycles. The van der Waals surface area contributed by atoms with Crippen LogP contribution in [-0.2, 0) is 0 Å². The number of benzene rings is 1. The number of hydrogen-bond donors (Lipinski definition) is 3. The summed E-state index contributed by atoms with van der Waals surface area (Å²) in [6.07, 6.45) is 7.43. The molecule has 0 aliphatic heterocycles. The smallest absolute Gasteiger partial charge is 0.321 e. The number of imide groups is 1. The van der Waals surface area contributed by atoms with Crippen LogP contribution in [0, 0.1) is 5.92 Å². The lowest BCUT2D eigenvalue weighted by Gasteiger charge is -2.21. The van der Waals surface area contributed by atoms with Crippen LogP contribution in [0.1, 0.15) is 48.9 Å². The molecule has 4 N–H and O–H groups in total. The summed E-state index contributed by atoms with van der Waals surface area (Å²) in [5, 5.41) is 5.07. The van der Waals surface area contributed by atoms with Crippen molar-refractivity contribution in [2.75, 3.05) is 12.3 Å². The predicted molar refractivity (Wildman–Crippen MR) is 82.9 cm³/mol. The number of amides is 3. The van der Waals surface area contributed by atoms with Crippen LogP contribution in [0.3, 0.4) is 0 Å². The van der Waals surface area contributed by atoms with Crippen LogP contribution in [0.25, 0.3) is 0 Å². The fraction of sp³-hybridized carbons (Fsp3) is 0.500. The fourth-order valence-electron chi connectivity index (χ4n) is 2.72. The summed E-state index contributed by atoms with van der Waals surface area (Å²) in [5.41, 5.74) is 6.56. The Morgan fingerprint density at radius 2 is 1.76 bits per heavy atom. The molecule has 5 heteroatoms. The summed E-state index contributed by atoms with van der Waals surface area (Å²) in [5.74, 6) is 0.303. The summed E-state index contributed by atoms with van der Waals surface area (Å²) in [6.45, 7) is 0.617. The highest BCUT2D eigenvalue weighted by Gasteiger charge is 2.14. The standard InChI is InChI=1S/C16H23N3O2/c17-14-8-6-13(7-9-14)15(20)19-16(21)18-11-10-12-4-2-1-3-5-12/h6-9,12H,1-5,10-11,17H2,(H2,18,19,20,21). The molecule has 0 bridgehead atoms. The number of carbonyl (C=O) groups excluding carboxylic acids is 2. The van der Waals surface area contributed by atoms with Crippen LogP contribution < -0.4 is 16.4 Å². The Kier molecular flexibility index (Phi) is 5.60. The van der Waals surface area contributed by atoms with E-state index in [-0.39, 0.29) is 0 Å². The van der Waals surface area contributed by atoms with Gasteiger partial charge < -0.3 is 11.1 Å². The van der Waals surface area contributed by atoms with E-state index < -0.39 is 11.9 Å². The highest BCUT2D eigenvalue weighted by atomic mass is 16.2. The van der Waals surface area contributed by atoms with Gasteiger partial charge in [0.05, 0.1) is 0 Å². The first kappa shape index (κ1) is 15.4. The quantitative estimate of drug-likeness (QED) is 0.745. The van der Waals surface area contributed by atoms with Crippen molar-refractivity contribution >= 4 is 17.6 Å². The van der Waals surface area contributed by atoms with Gasteiger partial charge in [0.2, 0.25) is 0 Å². The van der Waals surface area contributed by atoms with E-state index >= 15 is 0 Å². The molecule has 21 heavy (non-hydrogen) atoms. The number of nitrogen functional groups attached to an aromatic ring is 1. The zero-order valence-electron chi connectivity index (χ0n) is 12.2. The van der Waals surface area contributed by atoms with Crippen molar-refractivity contribution in [1.29, 1.82) is 0 Å². The van der Waals surface area contributed by atoms with Gasteiger partial charge in [-0.05, 0) is 36.6 Å². The van der Waals surface area contributed by atoms with Crippen LogP contribution >= 0.6 is 0 Å². The first-order valence-corrected chi connectivity index (χ1v) is 7.60. The third kappa shape index (κ3) is 5.10. The van der Waals surface area contributed by atoms with Gasteiger partial charge in [-0.3, -0.25) is 10.1 Å². The molecule has 3 amide bonds. The SMILES string of the molecule is Nc1ccc(C(=O)NC(=O)NCCC2CCCCC2)cc1. The molecule has 1 saturated carbocycles. The zero-order chi connectivity index (χ0) is 15.1. The number of nitrogens with one attached hydrogen (secondary N) is 2. The Morgan fingerprint density at radius 1 is 1.10 bits per heavy atom. The molecule has 0 aromatic heterocycles. The molecule has 2 rings (SSSR count). The molecule has 5 nitrogen and oxygen atoms in total. The molecule has 1 aromatic rings. The number of carbonyl (C=O) groups is 2. The first-order chi connectivity index (χ1) is 10.1. The predicted octanol–water partition coefficient (Wildman–Crippen LogP) is 2.68. The molecule has 1 aliphatic rings. The molecule has 0 radical (unpaired) electrons. The summed E-state index contributed by atoms with van der Waals surface area (Å²) in [7, 11) is 0. The Bertz CT molecular complexity index is 479. The fourth-order valence-corrected chi connectivity index (χ4v) is 2.72. The number of urea groups is 1. The van der Waals surface area contributed by atoms with Crippen molar-refractivity contribution < 1.29 is 9.59 Å². The normalized spacial score (nSPS) is 15.4. The molecule has 0 unspecified atom stereocenters. The van der Waals surface area contributed by atoms with Gasteiger partial charge in [0, 0.05) is 17.8 Å². The van der Waals surface area contributed by atoms with Crippen LogP contribution in [0.2, 0.25) is 0 Å². The first-order valence-electron chi connectivity index (χ1n) is 7.60. The molecule has 0 saturated heterocycles. The lowest BCUT2D eigenvalue weighted by atomic mass is 9.87. The molecular formula is C16H23N3O2. The monoisotopic (exact) mass is 289 g/mol. The lowest BCUT2D eigenvalue weighted by molar-refractivity contribution is 0.0964. The maximum atomic E-state index is 11.8. The maximum Gasteiger partial charge on any atom is 0.321 e. The van der Waals surface area contributed by atoms with Crippen molar-refractivity contribution in [3.63, 3.8) is 0 Å². The van der Waals surface area contributed by atoms with Gasteiger partial charge in [0.25, 0.3) is 5.91 Å². The highest BCUT2D eigenvalue weighted by Crippen LogP contribution is 2.25. The topological polar surface area (TPSA) is 84.2 Å². The van der Waals surface area contributed by atoms with Gasteiger partial charge >= 0.3 is 6.03 Å². The van der Waals surface area contributed by atoms with E-state index in [0.29, 0.717) is 23.7 Å². The maximum absolute atomic E-state index is 11.8. The van der Waals surface area contributed by atoms with E-state index in [1.165, 1.54) is 32.1 Å². The number of nitrogens with two attached hydrogens (primary N) is 1. The molecule has 0 spiro atoms. The Hall–Kier alpha value is -2.04. The Balaban J connectivity index is 1.68. The van der Waals surface area contributed by atoms with Gasteiger partial charge in [-0.1, -0.05) is 32.1 Å². The minimum Gasteiger partial charge on any atom is -0.399 e. The van der Waals surface area contributed by atoms with E-state index in [1.54, 1.807) is 24.3 Å². The van der Waals surface area contributed by atoms with Crippen molar-refractivity contribution in [3.05, 3.63) is 29.8 Å². The van der Waals surface area contributed by atoms with Gasteiger partial charge in [-0.2, -0.15) is 0 Å². The summed E-state index contributed by atoms with van der Waals surface area (Å²) >= 11 is 0. The van der Waals surface area contributed by atoms with Crippen LogP contribution in [0.4, 0.5) is 10.5 Å². The van der Waals surface area contributed by atoms with E-state index in [4.69, 9.17) is 5.73 Å². The van der Waals surface area contributed by atoms with Crippen LogP contribution in [0.15, 0.2) is 24.3 Å². The summed E-state index contributed by atoms with van der Waals surface area (Å²) < 4.78 is 0. The molecule has 0 atom stereocenters. The highest BCUT2D eigenvalue weighted by molar-refractivity contribution is 6.04. The van der Waals surface area contributed by atoms with E-state index in [1.807, 2.05) is 0 Å². The van der Waals surface area contributed by atoms with Crippen molar-refractivity contribution in [2.45, 2.75) is 38.5 Å². The molecule has 1 aromatic carbocycles. The third-order valence-electron chi connectivity index (χ3n) is 3.96. The van der Waals surface area contributed by atoms with Gasteiger partial charge in [0.1, 0.15) is 0 Å². The molecule has 1 fully saturated rings. The van der Waals surface area contributed by atoms with Gasteiger partial charge in [0.15, 0.2) is 0 Å². The second-order valence-corrected chi connectivity index (χ2v) is 5.62. The van der Waals surface area contributed by atoms with E-state index in [9.17, 15) is 9.59 Å². The van der Waals surface area contributed by atoms with Crippen LogP contribution in [0.5, 0.6) is 0 Å². The number of rotatable bonds is 4. The van der Waals surface area contributed by atoms with Gasteiger partial charge in [-0.25, -0.2) is 4.79 Å². The average molecular weight is 289 g/mol. The second-order valence-electron chi connectivity index (χ2n) is 5.62. The lowest BCUT2D eigenvalue weighted by Crippen LogP contribution is -2.40. The zero-order valence-corrected chi connectivity index (χ0v) is 12.2. The summed E-state index contributed by atoms with van der Waals surface area (Å²) in [4.78, 5) is 23.5. The number of hydrogen-bond acceptors (Lipinski definition) is 3. The minimum absolute atomic E-state index is 0.412. The van der Waals surface area contributed by atoms with Gasteiger partial charge in [-0.15, -0.1) is 0 Å². The van der Waals surface area contributed by atoms with Crippen LogP contribution in [-0.4, -0.2) is 18.5 Å². The largest absolute Gasteiger partial charge is 0.399 e. The van der Waals surface area contributed by atoms with Crippen molar-refractivity contribution in [1.82, 2.24) is 10.6 Å². The van der Waals surface area contributed by atoms with E-state index in [2.05, 4.69) is 10.6 Å². The van der Waals surface area contributed by atoms with Crippen molar-refractivity contribution in [3.8, 4) is 0 Å². The van der Waals surface area contributed by atoms with Crippen molar-refractivity contribution in [2.24, 2.45) is 5.92 Å². The average Bonchev–Trinajstić information content (AvgIpc) is 2.49. The minimum atomic E-state index is -0.437. The number of anilines is 1. The van der Waals surface area contributed by atoms with E-state index in [0.717, 1.165) is 6.42 Å².